The summed E-state index contributed by atoms with van der Waals surface area (Å²) in [5.41, 5.74) is 0.787. The molecule has 140 valence electrons. The molecule has 6 nitrogen and oxygen atoms in total. The maximum atomic E-state index is 12.6. The number of esters is 1. The molecule has 8 heteroatoms. The second-order valence-electron chi connectivity index (χ2n) is 6.16. The number of aromatic nitrogens is 2. The van der Waals surface area contributed by atoms with E-state index < -0.39 is 5.97 Å². The highest BCUT2D eigenvalue weighted by atomic mass is 32.2. The van der Waals surface area contributed by atoms with Crippen molar-refractivity contribution >= 4 is 34.0 Å². The second-order valence-corrected chi connectivity index (χ2v) is 8.09. The molecule has 0 N–H and O–H groups in total. The van der Waals surface area contributed by atoms with Gasteiger partial charge in [-0.3, -0.25) is 9.20 Å². The van der Waals surface area contributed by atoms with Crippen LogP contribution in [-0.2, 0) is 16.1 Å². The van der Waals surface area contributed by atoms with Gasteiger partial charge in [0.1, 0.15) is 6.61 Å². The predicted octanol–water partition coefficient (Wildman–Crippen LogP) is 3.38. The van der Waals surface area contributed by atoms with Crippen LogP contribution >= 0.6 is 23.1 Å². The van der Waals surface area contributed by atoms with Crippen LogP contribution in [0.3, 0.4) is 0 Å². The van der Waals surface area contributed by atoms with Gasteiger partial charge in [0, 0.05) is 34.9 Å². The van der Waals surface area contributed by atoms with E-state index in [-0.39, 0.29) is 18.3 Å². The Labute approximate surface area is 164 Å². The van der Waals surface area contributed by atoms with E-state index in [9.17, 15) is 9.59 Å². The van der Waals surface area contributed by atoms with Gasteiger partial charge in [0.2, 0.25) is 0 Å². The van der Waals surface area contributed by atoms with Gasteiger partial charge in [-0.1, -0.05) is 12.1 Å². The lowest BCUT2D eigenvalue weighted by atomic mass is 10.2. The van der Waals surface area contributed by atoms with E-state index in [1.807, 2.05) is 18.2 Å². The van der Waals surface area contributed by atoms with Gasteiger partial charge in [-0.15, -0.1) is 23.1 Å². The van der Waals surface area contributed by atoms with E-state index in [1.54, 1.807) is 29.4 Å². The number of thiazole rings is 1. The Bertz CT molecular complexity index is 1010. The number of benzene rings is 1. The number of nitrogens with zero attached hydrogens (tertiary/aromatic N) is 2. The molecule has 3 heterocycles. The van der Waals surface area contributed by atoms with Crippen molar-refractivity contribution in [1.29, 1.82) is 0 Å². The third-order valence-corrected chi connectivity index (χ3v) is 6.23. The maximum absolute atomic E-state index is 12.6. The fourth-order valence-electron chi connectivity index (χ4n) is 2.90. The van der Waals surface area contributed by atoms with Crippen LogP contribution < -0.4 is 5.56 Å². The van der Waals surface area contributed by atoms with Crippen LogP contribution in [0.1, 0.15) is 28.9 Å². The topological polar surface area (TPSA) is 69.9 Å². The Morgan fingerprint density at radius 3 is 3.15 bits per heavy atom. The van der Waals surface area contributed by atoms with Crippen molar-refractivity contribution in [1.82, 2.24) is 9.38 Å². The molecule has 1 fully saturated rings. The summed E-state index contributed by atoms with van der Waals surface area (Å²) in [6.45, 7) is 0.781. The molecular formula is C19H18N2O4S2. The third-order valence-electron chi connectivity index (χ3n) is 4.26. The van der Waals surface area contributed by atoms with Crippen molar-refractivity contribution in [2.24, 2.45) is 0 Å². The minimum Gasteiger partial charge on any atom is -0.456 e. The molecule has 0 spiro atoms. The SMILES string of the molecule is O=C(OCc1cc(=O)n2ccsc2n1)c1ccccc1SC[C@H]1CCCO1. The van der Waals surface area contributed by atoms with Crippen molar-refractivity contribution in [3.63, 3.8) is 0 Å². The molecule has 0 aliphatic carbocycles. The average molecular weight is 402 g/mol. The Morgan fingerprint density at radius 2 is 2.30 bits per heavy atom. The quantitative estimate of drug-likeness (QED) is 0.465. The average Bonchev–Trinajstić information content (AvgIpc) is 3.36. The van der Waals surface area contributed by atoms with Crippen molar-refractivity contribution < 1.29 is 14.3 Å². The van der Waals surface area contributed by atoms with Crippen LogP contribution in [0, 0.1) is 0 Å². The molecule has 4 rings (SSSR count). The molecule has 0 unspecified atom stereocenters. The lowest BCUT2D eigenvalue weighted by Gasteiger charge is -2.12. The summed E-state index contributed by atoms with van der Waals surface area (Å²) in [7, 11) is 0. The molecule has 1 saturated heterocycles. The molecule has 1 aliphatic heterocycles. The summed E-state index contributed by atoms with van der Waals surface area (Å²) >= 11 is 2.97. The number of hydrogen-bond acceptors (Lipinski definition) is 7. The number of hydrogen-bond donors (Lipinski definition) is 0. The van der Waals surface area contributed by atoms with Gasteiger partial charge < -0.3 is 9.47 Å². The van der Waals surface area contributed by atoms with E-state index in [4.69, 9.17) is 9.47 Å². The van der Waals surface area contributed by atoms with Gasteiger partial charge in [0.05, 0.1) is 17.4 Å². The van der Waals surface area contributed by atoms with E-state index in [0.29, 0.717) is 16.2 Å². The number of carbonyl (C=O) groups is 1. The predicted molar refractivity (Wildman–Crippen MR) is 105 cm³/mol. The summed E-state index contributed by atoms with van der Waals surface area (Å²) in [5, 5.41) is 1.79. The van der Waals surface area contributed by atoms with E-state index in [0.717, 1.165) is 30.1 Å². The van der Waals surface area contributed by atoms with Crippen molar-refractivity contribution in [3.8, 4) is 0 Å². The molecule has 3 aromatic rings. The molecule has 27 heavy (non-hydrogen) atoms. The molecule has 2 aromatic heterocycles. The first-order valence-corrected chi connectivity index (χ1v) is 10.5. The first-order chi connectivity index (χ1) is 13.2. The largest absolute Gasteiger partial charge is 0.456 e. The Kier molecular flexibility index (Phi) is 5.56. The van der Waals surface area contributed by atoms with Crippen LogP contribution in [0.25, 0.3) is 4.96 Å². The van der Waals surface area contributed by atoms with E-state index in [2.05, 4.69) is 4.98 Å². The Morgan fingerprint density at radius 1 is 1.41 bits per heavy atom. The molecular weight excluding hydrogens is 384 g/mol. The monoisotopic (exact) mass is 402 g/mol. The van der Waals surface area contributed by atoms with Crippen LogP contribution in [0.15, 0.2) is 51.6 Å². The zero-order valence-corrected chi connectivity index (χ0v) is 16.1. The van der Waals surface area contributed by atoms with E-state index >= 15 is 0 Å². The Hall–Kier alpha value is -2.16. The summed E-state index contributed by atoms with van der Waals surface area (Å²) in [5.74, 6) is 0.399. The van der Waals surface area contributed by atoms with Gasteiger partial charge in [0.25, 0.3) is 5.56 Å². The molecule has 0 amide bonds. The first-order valence-electron chi connectivity index (χ1n) is 8.67. The summed E-state index contributed by atoms with van der Waals surface area (Å²) in [6.07, 6.45) is 4.07. The number of rotatable bonds is 6. The van der Waals surface area contributed by atoms with Gasteiger partial charge in [0.15, 0.2) is 4.96 Å². The highest BCUT2D eigenvalue weighted by Gasteiger charge is 2.18. The molecule has 0 bridgehead atoms. The lowest BCUT2D eigenvalue weighted by molar-refractivity contribution is 0.0463. The van der Waals surface area contributed by atoms with Crippen LogP contribution in [0.4, 0.5) is 0 Å². The first kappa shape index (κ1) is 18.2. The molecule has 1 aromatic carbocycles. The third kappa shape index (κ3) is 4.23. The molecule has 0 radical (unpaired) electrons. The fraction of sp³-hybridized carbons (Fsp3) is 0.316. The van der Waals surface area contributed by atoms with Crippen molar-refractivity contribution in [2.75, 3.05) is 12.4 Å². The summed E-state index contributed by atoms with van der Waals surface area (Å²) < 4.78 is 12.5. The van der Waals surface area contributed by atoms with E-state index in [1.165, 1.54) is 21.8 Å². The lowest BCUT2D eigenvalue weighted by Crippen LogP contribution is -2.15. The summed E-state index contributed by atoms with van der Waals surface area (Å²) in [4.78, 5) is 30.4. The number of ether oxygens (including phenoxy) is 2. The van der Waals surface area contributed by atoms with Crippen LogP contribution in [0.2, 0.25) is 0 Å². The van der Waals surface area contributed by atoms with Crippen molar-refractivity contribution in [2.45, 2.75) is 30.4 Å². The number of fused-ring (bicyclic) bond motifs is 1. The molecule has 0 saturated carbocycles. The van der Waals surface area contributed by atoms with Gasteiger partial charge in [-0.05, 0) is 25.0 Å². The second kappa shape index (κ2) is 8.24. The van der Waals surface area contributed by atoms with Gasteiger partial charge in [-0.2, -0.15) is 0 Å². The standard InChI is InChI=1S/C19H18N2O4S2/c22-17-10-13(20-19-21(17)7-9-26-19)11-25-18(23)15-5-1-2-6-16(15)27-12-14-4-3-8-24-14/h1-2,5-7,9-10,14H,3-4,8,11-12H2/t14-/m1/s1. The summed E-state index contributed by atoms with van der Waals surface area (Å²) in [6, 6.07) is 8.78. The van der Waals surface area contributed by atoms with Crippen LogP contribution in [0.5, 0.6) is 0 Å². The van der Waals surface area contributed by atoms with Crippen LogP contribution in [-0.4, -0.2) is 33.8 Å². The molecule has 1 aliphatic rings. The van der Waals surface area contributed by atoms with Crippen molar-refractivity contribution in [3.05, 3.63) is 63.5 Å². The normalized spacial score (nSPS) is 16.7. The minimum absolute atomic E-state index is 0.0345. The Balaban J connectivity index is 1.43. The number of carbonyl (C=O) groups excluding carboxylic acids is 1. The number of thioether (sulfide) groups is 1. The zero-order chi connectivity index (χ0) is 18.6. The highest BCUT2D eigenvalue weighted by Crippen LogP contribution is 2.27. The fourth-order valence-corrected chi connectivity index (χ4v) is 4.75. The highest BCUT2D eigenvalue weighted by molar-refractivity contribution is 7.99. The molecule has 1 atom stereocenters. The van der Waals surface area contributed by atoms with Gasteiger partial charge in [-0.25, -0.2) is 9.78 Å². The minimum atomic E-state index is -0.418. The smallest absolute Gasteiger partial charge is 0.339 e. The maximum Gasteiger partial charge on any atom is 0.339 e. The zero-order valence-electron chi connectivity index (χ0n) is 14.5. The van der Waals surface area contributed by atoms with Gasteiger partial charge >= 0.3 is 5.97 Å².